The van der Waals surface area contributed by atoms with Gasteiger partial charge >= 0.3 is 0 Å². The van der Waals surface area contributed by atoms with E-state index >= 15 is 0 Å². The molecule has 1 heterocycles. The molecule has 2 aromatic carbocycles. The van der Waals surface area contributed by atoms with Gasteiger partial charge in [0.2, 0.25) is 11.9 Å². The van der Waals surface area contributed by atoms with E-state index in [1.54, 1.807) is 0 Å². The van der Waals surface area contributed by atoms with Gasteiger partial charge in [0.1, 0.15) is 6.33 Å². The molecule has 0 bridgehead atoms. The molecule has 3 aromatic rings. The van der Waals surface area contributed by atoms with Crippen LogP contribution < -0.4 is 5.32 Å². The van der Waals surface area contributed by atoms with Crippen molar-refractivity contribution in [2.24, 2.45) is 0 Å². The summed E-state index contributed by atoms with van der Waals surface area (Å²) in [7, 11) is 0. The van der Waals surface area contributed by atoms with Crippen LogP contribution in [0.15, 0.2) is 48.8 Å². The van der Waals surface area contributed by atoms with Gasteiger partial charge in [0, 0.05) is 0 Å². The minimum atomic E-state index is -0.117. The van der Waals surface area contributed by atoms with Gasteiger partial charge in [-0.15, -0.1) is 0 Å². The molecule has 0 saturated heterocycles. The Bertz CT molecular complexity index is 701. The van der Waals surface area contributed by atoms with Crippen molar-refractivity contribution in [2.45, 2.75) is 6.42 Å². The van der Waals surface area contributed by atoms with Gasteiger partial charge in [-0.25, -0.2) is 5.10 Å². The van der Waals surface area contributed by atoms with Crippen LogP contribution in [-0.4, -0.2) is 21.1 Å². The summed E-state index contributed by atoms with van der Waals surface area (Å²) in [5.74, 6) is 0.248. The van der Waals surface area contributed by atoms with Crippen LogP contribution in [0.3, 0.4) is 0 Å². The lowest BCUT2D eigenvalue weighted by Crippen LogP contribution is -2.15. The third-order valence-corrected chi connectivity index (χ3v) is 2.90. The lowest BCUT2D eigenvalue weighted by molar-refractivity contribution is -0.115. The molecule has 1 aromatic heterocycles. The quantitative estimate of drug-likeness (QED) is 0.750. The lowest BCUT2D eigenvalue weighted by atomic mass is 10.0. The van der Waals surface area contributed by atoms with Gasteiger partial charge in [0.05, 0.1) is 6.42 Å². The molecule has 0 fully saturated rings. The lowest BCUT2D eigenvalue weighted by Gasteiger charge is -2.06. The number of benzene rings is 2. The monoisotopic (exact) mass is 252 g/mol. The number of fused-ring (bicyclic) bond motifs is 1. The average molecular weight is 252 g/mol. The molecule has 0 aliphatic carbocycles. The molecule has 0 radical (unpaired) electrons. The highest BCUT2D eigenvalue weighted by Gasteiger charge is 2.08. The zero-order chi connectivity index (χ0) is 13.1. The first-order chi connectivity index (χ1) is 9.33. The Morgan fingerprint density at radius 2 is 2.00 bits per heavy atom. The number of hydrogen-bond acceptors (Lipinski definition) is 3. The largest absolute Gasteiger partial charge is 0.295 e. The van der Waals surface area contributed by atoms with E-state index < -0.39 is 0 Å². The summed E-state index contributed by atoms with van der Waals surface area (Å²) in [5.41, 5.74) is 0.995. The second-order valence-corrected chi connectivity index (χ2v) is 4.20. The maximum atomic E-state index is 11.9. The number of hydrogen-bond donors (Lipinski definition) is 2. The van der Waals surface area contributed by atoms with E-state index in [1.807, 2.05) is 42.5 Å². The maximum Gasteiger partial charge on any atom is 0.231 e. The SMILES string of the molecule is O=C(Cc1cccc2ccccc12)Nc1ncn[nH]1. The van der Waals surface area contributed by atoms with Crippen molar-refractivity contribution in [3.63, 3.8) is 0 Å². The van der Waals surface area contributed by atoms with E-state index in [0.717, 1.165) is 16.3 Å². The van der Waals surface area contributed by atoms with E-state index in [9.17, 15) is 4.79 Å². The van der Waals surface area contributed by atoms with Crippen LogP contribution in [0.25, 0.3) is 10.8 Å². The van der Waals surface area contributed by atoms with Crippen molar-refractivity contribution in [1.82, 2.24) is 15.2 Å². The zero-order valence-corrected chi connectivity index (χ0v) is 10.1. The fraction of sp³-hybridized carbons (Fsp3) is 0.0714. The molecular weight excluding hydrogens is 240 g/mol. The van der Waals surface area contributed by atoms with Gasteiger partial charge in [0.15, 0.2) is 0 Å². The van der Waals surface area contributed by atoms with Crippen LogP contribution in [0.1, 0.15) is 5.56 Å². The van der Waals surface area contributed by atoms with E-state index in [0.29, 0.717) is 12.4 Å². The highest BCUT2D eigenvalue weighted by Crippen LogP contribution is 2.19. The Balaban J connectivity index is 1.83. The molecule has 0 spiro atoms. The van der Waals surface area contributed by atoms with Crippen LogP contribution >= 0.6 is 0 Å². The summed E-state index contributed by atoms with van der Waals surface area (Å²) in [5, 5.41) is 11.2. The van der Waals surface area contributed by atoms with E-state index in [4.69, 9.17) is 0 Å². The van der Waals surface area contributed by atoms with Gasteiger partial charge in [-0.2, -0.15) is 10.1 Å². The fourth-order valence-electron chi connectivity index (χ4n) is 2.06. The molecule has 3 rings (SSSR count). The normalized spacial score (nSPS) is 10.5. The Hall–Kier alpha value is -2.69. The molecule has 0 aliphatic heterocycles. The molecule has 0 unspecified atom stereocenters. The Labute approximate surface area is 109 Å². The zero-order valence-electron chi connectivity index (χ0n) is 10.1. The van der Waals surface area contributed by atoms with Gasteiger partial charge in [0.25, 0.3) is 0 Å². The second kappa shape index (κ2) is 4.89. The van der Waals surface area contributed by atoms with Crippen molar-refractivity contribution in [1.29, 1.82) is 0 Å². The topological polar surface area (TPSA) is 70.7 Å². The number of aromatic amines is 1. The van der Waals surface area contributed by atoms with Crippen LogP contribution in [-0.2, 0) is 11.2 Å². The third kappa shape index (κ3) is 2.44. The highest BCUT2D eigenvalue weighted by atomic mass is 16.1. The van der Waals surface area contributed by atoms with Gasteiger partial charge < -0.3 is 0 Å². The number of nitrogens with one attached hydrogen (secondary N) is 2. The average Bonchev–Trinajstić information content (AvgIpc) is 2.92. The van der Waals surface area contributed by atoms with Crippen LogP contribution in [0.2, 0.25) is 0 Å². The number of amides is 1. The summed E-state index contributed by atoms with van der Waals surface area (Å²) >= 11 is 0. The first-order valence-corrected chi connectivity index (χ1v) is 5.95. The predicted octanol–water partition coefficient (Wildman–Crippen LogP) is 2.14. The van der Waals surface area contributed by atoms with Crippen molar-refractivity contribution in [3.8, 4) is 0 Å². The van der Waals surface area contributed by atoms with Crippen LogP contribution in [0.5, 0.6) is 0 Å². The molecule has 1 amide bonds. The summed E-state index contributed by atoms with van der Waals surface area (Å²) < 4.78 is 0. The van der Waals surface area contributed by atoms with Crippen molar-refractivity contribution >= 4 is 22.6 Å². The molecule has 5 heteroatoms. The van der Waals surface area contributed by atoms with Gasteiger partial charge in [-0.3, -0.25) is 10.1 Å². The van der Waals surface area contributed by atoms with Crippen molar-refractivity contribution < 1.29 is 4.79 Å². The van der Waals surface area contributed by atoms with Crippen molar-refractivity contribution in [3.05, 3.63) is 54.4 Å². The summed E-state index contributed by atoms with van der Waals surface area (Å²) in [6.45, 7) is 0. The summed E-state index contributed by atoms with van der Waals surface area (Å²) in [6, 6.07) is 14.0. The number of aromatic nitrogens is 3. The van der Waals surface area contributed by atoms with E-state index in [1.165, 1.54) is 6.33 Å². The molecule has 2 N–H and O–H groups in total. The van der Waals surface area contributed by atoms with Crippen LogP contribution in [0, 0.1) is 0 Å². The first-order valence-electron chi connectivity index (χ1n) is 5.95. The molecular formula is C14H12N4O. The molecule has 0 saturated carbocycles. The highest BCUT2D eigenvalue weighted by molar-refractivity contribution is 5.95. The fourth-order valence-corrected chi connectivity index (χ4v) is 2.06. The Morgan fingerprint density at radius 1 is 1.16 bits per heavy atom. The number of carbonyl (C=O) groups is 1. The third-order valence-electron chi connectivity index (χ3n) is 2.90. The molecule has 94 valence electrons. The molecule has 19 heavy (non-hydrogen) atoms. The van der Waals surface area contributed by atoms with E-state index in [2.05, 4.69) is 20.5 Å². The number of H-pyrrole nitrogens is 1. The van der Waals surface area contributed by atoms with Crippen molar-refractivity contribution in [2.75, 3.05) is 5.32 Å². The van der Waals surface area contributed by atoms with Gasteiger partial charge in [-0.05, 0) is 16.3 Å². The van der Waals surface area contributed by atoms with Gasteiger partial charge in [-0.1, -0.05) is 42.5 Å². The smallest absolute Gasteiger partial charge is 0.231 e. The number of nitrogens with zero attached hydrogens (tertiary/aromatic N) is 2. The minimum Gasteiger partial charge on any atom is -0.295 e. The predicted molar refractivity (Wildman–Crippen MR) is 72.7 cm³/mol. The standard InChI is InChI=1S/C14H12N4O/c19-13(17-14-15-9-16-18-14)8-11-6-3-5-10-4-1-2-7-12(10)11/h1-7,9H,8H2,(H2,15,16,17,18,19). The van der Waals surface area contributed by atoms with Crippen LogP contribution in [0.4, 0.5) is 5.95 Å². The summed E-state index contributed by atoms with van der Waals surface area (Å²) in [4.78, 5) is 15.8. The Morgan fingerprint density at radius 3 is 2.84 bits per heavy atom. The molecule has 0 aliphatic rings. The Kier molecular flexibility index (Phi) is 2.94. The number of rotatable bonds is 3. The summed E-state index contributed by atoms with van der Waals surface area (Å²) in [6.07, 6.45) is 1.66. The van der Waals surface area contributed by atoms with E-state index in [-0.39, 0.29) is 5.91 Å². The molecule has 5 nitrogen and oxygen atoms in total. The second-order valence-electron chi connectivity index (χ2n) is 4.20. The number of anilines is 1. The minimum absolute atomic E-state index is 0.117. The molecule has 0 atom stereocenters. The number of carbonyl (C=O) groups excluding carboxylic acids is 1. The first kappa shape index (κ1) is 11.4. The maximum absolute atomic E-state index is 11.9.